The van der Waals surface area contributed by atoms with Crippen molar-refractivity contribution < 1.29 is 4.74 Å². The van der Waals surface area contributed by atoms with Crippen LogP contribution in [0.3, 0.4) is 0 Å². The van der Waals surface area contributed by atoms with Crippen LogP contribution in [0.2, 0.25) is 0 Å². The van der Waals surface area contributed by atoms with Crippen LogP contribution in [-0.4, -0.2) is 6.61 Å². The van der Waals surface area contributed by atoms with Gasteiger partial charge >= 0.3 is 0 Å². The number of benzene rings is 1. The second kappa shape index (κ2) is 6.24. The lowest BCUT2D eigenvalue weighted by Gasteiger charge is -2.14. The van der Waals surface area contributed by atoms with Crippen LogP contribution >= 0.6 is 31.9 Å². The molecule has 1 aromatic carbocycles. The minimum Gasteiger partial charge on any atom is -0.493 e. The first-order valence-corrected chi connectivity index (χ1v) is 8.02. The van der Waals surface area contributed by atoms with E-state index in [1.807, 2.05) is 0 Å². The van der Waals surface area contributed by atoms with Gasteiger partial charge in [0.2, 0.25) is 0 Å². The smallest absolute Gasteiger partial charge is 0.127 e. The number of rotatable bonds is 5. The van der Waals surface area contributed by atoms with Crippen molar-refractivity contribution in [2.45, 2.75) is 43.9 Å². The molecule has 2 rings (SSSR count). The van der Waals surface area contributed by atoms with Crippen LogP contribution < -0.4 is 4.74 Å². The molecule has 1 aliphatic heterocycles. The molecule has 0 saturated heterocycles. The Hall–Kier alpha value is -0.0200. The van der Waals surface area contributed by atoms with Crippen molar-refractivity contribution >= 4 is 31.9 Å². The molecule has 17 heavy (non-hydrogen) atoms. The van der Waals surface area contributed by atoms with E-state index in [2.05, 4.69) is 50.9 Å². The molecular weight excluding hydrogens is 344 g/mol. The summed E-state index contributed by atoms with van der Waals surface area (Å²) in [5.74, 6) is 1.12. The highest BCUT2D eigenvalue weighted by Gasteiger charge is 2.21. The molecule has 0 saturated carbocycles. The number of fused-ring (bicyclic) bond motifs is 1. The molecule has 1 aromatic rings. The van der Waals surface area contributed by atoms with Gasteiger partial charge in [-0.05, 0) is 24.1 Å². The Morgan fingerprint density at radius 2 is 2.18 bits per heavy atom. The molecule has 0 radical (unpaired) electrons. The highest BCUT2D eigenvalue weighted by molar-refractivity contribution is 9.10. The molecule has 0 amide bonds. The van der Waals surface area contributed by atoms with E-state index in [1.165, 1.54) is 36.8 Å². The lowest BCUT2D eigenvalue weighted by molar-refractivity contribution is 0.353. The zero-order valence-corrected chi connectivity index (χ0v) is 13.3. The Balaban J connectivity index is 2.14. The average Bonchev–Trinajstić information content (AvgIpc) is 2.75. The summed E-state index contributed by atoms with van der Waals surface area (Å²) in [7, 11) is 0. The fraction of sp³-hybridized carbons (Fsp3) is 0.571. The monoisotopic (exact) mass is 360 g/mol. The molecule has 0 aromatic heterocycles. The summed E-state index contributed by atoms with van der Waals surface area (Å²) < 4.78 is 6.92. The molecule has 0 spiro atoms. The van der Waals surface area contributed by atoms with Gasteiger partial charge in [0.15, 0.2) is 0 Å². The summed E-state index contributed by atoms with van der Waals surface area (Å²) in [5, 5.41) is 0. The molecule has 1 aliphatic rings. The summed E-state index contributed by atoms with van der Waals surface area (Å²) in [6, 6.07) is 4.37. The van der Waals surface area contributed by atoms with Crippen molar-refractivity contribution in [1.82, 2.24) is 0 Å². The van der Waals surface area contributed by atoms with Gasteiger partial charge in [0.05, 0.1) is 6.61 Å². The van der Waals surface area contributed by atoms with Gasteiger partial charge in [-0.1, -0.05) is 58.0 Å². The number of halogens is 2. The molecule has 1 atom stereocenters. The molecule has 0 bridgehead atoms. The third-order valence-electron chi connectivity index (χ3n) is 3.18. The molecule has 3 heteroatoms. The van der Waals surface area contributed by atoms with Crippen LogP contribution in [0.1, 0.15) is 48.6 Å². The van der Waals surface area contributed by atoms with Crippen molar-refractivity contribution in [3.05, 3.63) is 27.7 Å². The van der Waals surface area contributed by atoms with Crippen molar-refractivity contribution in [3.63, 3.8) is 0 Å². The Morgan fingerprint density at radius 1 is 1.35 bits per heavy atom. The van der Waals surface area contributed by atoms with Crippen LogP contribution in [0.15, 0.2) is 16.6 Å². The largest absolute Gasteiger partial charge is 0.493 e. The van der Waals surface area contributed by atoms with Gasteiger partial charge < -0.3 is 4.74 Å². The maximum absolute atomic E-state index is 5.76. The summed E-state index contributed by atoms with van der Waals surface area (Å²) >= 11 is 7.39. The summed E-state index contributed by atoms with van der Waals surface area (Å²) in [6.45, 7) is 3.07. The minimum absolute atomic E-state index is 0.415. The first-order chi connectivity index (χ1) is 8.22. The van der Waals surface area contributed by atoms with Gasteiger partial charge in [-0.25, -0.2) is 0 Å². The average molecular weight is 362 g/mol. The zero-order valence-electron chi connectivity index (χ0n) is 10.1. The number of unbranched alkanes of at least 4 members (excludes halogenated alkanes) is 2. The molecule has 0 aliphatic carbocycles. The van der Waals surface area contributed by atoms with Crippen molar-refractivity contribution in [2.75, 3.05) is 6.61 Å². The van der Waals surface area contributed by atoms with E-state index in [-0.39, 0.29) is 0 Å². The highest BCUT2D eigenvalue weighted by atomic mass is 79.9. The third kappa shape index (κ3) is 3.25. The summed E-state index contributed by atoms with van der Waals surface area (Å²) in [6.07, 6.45) is 6.07. The Labute approximate surface area is 120 Å². The Morgan fingerprint density at radius 3 is 2.94 bits per heavy atom. The molecule has 1 nitrogen and oxygen atoms in total. The number of ether oxygens (including phenoxy) is 1. The van der Waals surface area contributed by atoms with Crippen LogP contribution in [0.4, 0.5) is 0 Å². The highest BCUT2D eigenvalue weighted by Crippen LogP contribution is 2.41. The number of alkyl halides is 1. The van der Waals surface area contributed by atoms with E-state index >= 15 is 0 Å². The van der Waals surface area contributed by atoms with Crippen LogP contribution in [0, 0.1) is 0 Å². The minimum atomic E-state index is 0.415. The Bertz CT molecular complexity index is 390. The number of hydrogen-bond acceptors (Lipinski definition) is 1. The van der Waals surface area contributed by atoms with Gasteiger partial charge in [-0.2, -0.15) is 0 Å². The fourth-order valence-corrected chi connectivity index (χ4v) is 3.45. The van der Waals surface area contributed by atoms with Crippen LogP contribution in [-0.2, 0) is 6.42 Å². The van der Waals surface area contributed by atoms with Gasteiger partial charge in [-0.3, -0.25) is 0 Å². The van der Waals surface area contributed by atoms with Crippen LogP contribution in [0.25, 0.3) is 0 Å². The van der Waals surface area contributed by atoms with Crippen LogP contribution in [0.5, 0.6) is 5.75 Å². The van der Waals surface area contributed by atoms with E-state index < -0.39 is 0 Å². The molecule has 94 valence electrons. The molecule has 1 heterocycles. The fourth-order valence-electron chi connectivity index (χ4n) is 2.26. The van der Waals surface area contributed by atoms with E-state index in [0.717, 1.165) is 23.2 Å². The van der Waals surface area contributed by atoms with Gasteiger partial charge in [0, 0.05) is 21.3 Å². The lowest BCUT2D eigenvalue weighted by atomic mass is 10.0. The third-order valence-corrected chi connectivity index (χ3v) is 4.58. The van der Waals surface area contributed by atoms with Crippen molar-refractivity contribution in [3.8, 4) is 5.75 Å². The van der Waals surface area contributed by atoms with E-state index in [9.17, 15) is 0 Å². The second-order valence-electron chi connectivity index (χ2n) is 4.55. The van der Waals surface area contributed by atoms with Gasteiger partial charge in [0.1, 0.15) is 5.75 Å². The molecule has 1 unspecified atom stereocenters. The quantitative estimate of drug-likeness (QED) is 0.504. The Kier molecular flexibility index (Phi) is 4.92. The van der Waals surface area contributed by atoms with Gasteiger partial charge in [0.25, 0.3) is 0 Å². The first-order valence-electron chi connectivity index (χ1n) is 6.31. The molecular formula is C14H18Br2O. The molecule has 0 fully saturated rings. The second-order valence-corrected chi connectivity index (χ2v) is 6.57. The zero-order chi connectivity index (χ0) is 12.3. The van der Waals surface area contributed by atoms with E-state index in [4.69, 9.17) is 4.74 Å². The number of hydrogen-bond donors (Lipinski definition) is 0. The van der Waals surface area contributed by atoms with Gasteiger partial charge in [-0.15, -0.1) is 0 Å². The summed E-state index contributed by atoms with van der Waals surface area (Å²) in [4.78, 5) is 0.415. The maximum Gasteiger partial charge on any atom is 0.127 e. The maximum atomic E-state index is 5.76. The normalized spacial score (nSPS) is 15.5. The first kappa shape index (κ1) is 13.4. The predicted molar refractivity (Wildman–Crippen MR) is 79.2 cm³/mol. The van der Waals surface area contributed by atoms with Crippen molar-refractivity contribution in [2.24, 2.45) is 0 Å². The SMILES string of the molecule is CCCCCC(Br)c1cc(Br)cc2c1OCC2. The summed E-state index contributed by atoms with van der Waals surface area (Å²) in [5.41, 5.74) is 2.65. The van der Waals surface area contributed by atoms with E-state index in [1.54, 1.807) is 0 Å². The molecule has 0 N–H and O–H groups in total. The van der Waals surface area contributed by atoms with E-state index in [0.29, 0.717) is 4.83 Å². The topological polar surface area (TPSA) is 9.23 Å². The van der Waals surface area contributed by atoms with Crippen molar-refractivity contribution in [1.29, 1.82) is 0 Å². The predicted octanol–water partition coefficient (Wildman–Crippen LogP) is 5.40. The standard InChI is InChI=1S/C14H18Br2O/c1-2-3-4-5-13(16)12-9-11(15)8-10-6-7-17-14(10)12/h8-9,13H,2-7H2,1H3. The lowest BCUT2D eigenvalue weighted by Crippen LogP contribution is -1.95.